The average Bonchev–Trinajstić information content (AvgIpc) is 2.63. The Morgan fingerprint density at radius 3 is 2.64 bits per heavy atom. The number of aliphatic hydroxyl groups is 1. The van der Waals surface area contributed by atoms with Crippen molar-refractivity contribution in [2.45, 2.75) is 57.3 Å². The van der Waals surface area contributed by atoms with E-state index in [1.165, 1.54) is 12.8 Å². The van der Waals surface area contributed by atoms with Gasteiger partial charge in [-0.25, -0.2) is 0 Å². The number of nitrogens with zero attached hydrogens (tertiary/aromatic N) is 1. The predicted octanol–water partition coefficient (Wildman–Crippen LogP) is 2.66. The molecular formula is C20H30N2O3. The van der Waals surface area contributed by atoms with Gasteiger partial charge in [-0.15, -0.1) is 0 Å². The third-order valence-electron chi connectivity index (χ3n) is 5.42. The Hall–Kier alpha value is -1.43. The van der Waals surface area contributed by atoms with Crippen molar-refractivity contribution < 1.29 is 14.6 Å². The monoisotopic (exact) mass is 346 g/mol. The van der Waals surface area contributed by atoms with Gasteiger partial charge >= 0.3 is 0 Å². The van der Waals surface area contributed by atoms with E-state index in [2.05, 4.69) is 17.1 Å². The zero-order valence-corrected chi connectivity index (χ0v) is 15.1. The van der Waals surface area contributed by atoms with Crippen molar-refractivity contribution in [3.63, 3.8) is 0 Å². The zero-order valence-electron chi connectivity index (χ0n) is 15.1. The number of anilines is 1. The molecule has 2 aliphatic rings. The maximum absolute atomic E-state index is 12.5. The Bertz CT molecular complexity index is 543. The van der Waals surface area contributed by atoms with Gasteiger partial charge in [-0.1, -0.05) is 25.1 Å². The molecule has 3 atom stereocenters. The molecule has 0 radical (unpaired) electrons. The number of piperidine rings is 1. The molecule has 2 aliphatic heterocycles. The van der Waals surface area contributed by atoms with E-state index >= 15 is 0 Å². The van der Waals surface area contributed by atoms with E-state index in [0.717, 1.165) is 44.1 Å². The molecule has 1 aromatic carbocycles. The standard InChI is InChI=1S/C20H30N2O3/c1-15-9-12-22(13-10-15)14-11-17-7-8-18(23)19(25-17)20(24)21-16-5-3-2-4-6-16/h2-6,15,17-19,23H,7-14H2,1H3,(H,21,24)/t17-,18-,19-/m0/s1. The molecule has 1 aromatic rings. The van der Waals surface area contributed by atoms with Crippen LogP contribution in [0.25, 0.3) is 0 Å². The first-order valence-electron chi connectivity index (χ1n) is 9.53. The fraction of sp³-hybridized carbons (Fsp3) is 0.650. The average molecular weight is 346 g/mol. The van der Waals surface area contributed by atoms with Gasteiger partial charge in [0.1, 0.15) is 0 Å². The van der Waals surface area contributed by atoms with Crippen LogP contribution in [-0.4, -0.2) is 53.9 Å². The minimum atomic E-state index is -0.777. The fourth-order valence-electron chi connectivity index (χ4n) is 3.67. The molecule has 5 nitrogen and oxygen atoms in total. The number of amides is 1. The van der Waals surface area contributed by atoms with Crippen molar-refractivity contribution >= 4 is 11.6 Å². The second-order valence-corrected chi connectivity index (χ2v) is 7.49. The lowest BCUT2D eigenvalue weighted by Gasteiger charge is -2.35. The van der Waals surface area contributed by atoms with Gasteiger partial charge in [0.05, 0.1) is 12.2 Å². The number of aliphatic hydroxyl groups excluding tert-OH is 1. The number of carbonyl (C=O) groups is 1. The first kappa shape index (κ1) is 18.4. The lowest BCUT2D eigenvalue weighted by molar-refractivity contribution is -0.153. The number of likely N-dealkylation sites (tertiary alicyclic amines) is 1. The summed E-state index contributed by atoms with van der Waals surface area (Å²) in [5.74, 6) is 0.582. The second-order valence-electron chi connectivity index (χ2n) is 7.49. The van der Waals surface area contributed by atoms with E-state index in [1.54, 1.807) is 0 Å². The molecular weight excluding hydrogens is 316 g/mol. The summed E-state index contributed by atoms with van der Waals surface area (Å²) in [4.78, 5) is 15.0. The Kier molecular flexibility index (Phi) is 6.45. The van der Waals surface area contributed by atoms with Crippen molar-refractivity contribution in [3.8, 4) is 0 Å². The van der Waals surface area contributed by atoms with E-state index in [4.69, 9.17) is 4.74 Å². The highest BCUT2D eigenvalue weighted by molar-refractivity contribution is 5.94. The third-order valence-corrected chi connectivity index (χ3v) is 5.42. The van der Waals surface area contributed by atoms with Crippen molar-refractivity contribution in [2.24, 2.45) is 5.92 Å². The maximum atomic E-state index is 12.5. The fourth-order valence-corrected chi connectivity index (χ4v) is 3.67. The van der Waals surface area contributed by atoms with Crippen LogP contribution in [0.15, 0.2) is 30.3 Å². The molecule has 0 aliphatic carbocycles. The number of rotatable bonds is 5. The van der Waals surface area contributed by atoms with E-state index in [1.807, 2.05) is 30.3 Å². The Morgan fingerprint density at radius 1 is 1.20 bits per heavy atom. The minimum absolute atomic E-state index is 0.0503. The van der Waals surface area contributed by atoms with Crippen LogP contribution in [0.1, 0.15) is 39.0 Å². The van der Waals surface area contributed by atoms with Gasteiger partial charge in [-0.3, -0.25) is 4.79 Å². The molecule has 0 spiro atoms. The summed E-state index contributed by atoms with van der Waals surface area (Å²) in [6.07, 6.45) is 3.45. The van der Waals surface area contributed by atoms with Crippen LogP contribution in [0.2, 0.25) is 0 Å². The summed E-state index contributed by atoms with van der Waals surface area (Å²) in [5.41, 5.74) is 0.730. The number of carbonyl (C=O) groups excluding carboxylic acids is 1. The van der Waals surface area contributed by atoms with Crippen LogP contribution in [0, 0.1) is 5.92 Å². The Balaban J connectivity index is 1.48. The molecule has 5 heteroatoms. The molecule has 0 bridgehead atoms. The van der Waals surface area contributed by atoms with Gasteiger partial charge < -0.3 is 20.1 Å². The van der Waals surface area contributed by atoms with Crippen molar-refractivity contribution in [2.75, 3.05) is 25.0 Å². The summed E-state index contributed by atoms with van der Waals surface area (Å²) in [6.45, 7) is 5.66. The van der Waals surface area contributed by atoms with Crippen LogP contribution in [-0.2, 0) is 9.53 Å². The number of hydrogen-bond acceptors (Lipinski definition) is 4. The van der Waals surface area contributed by atoms with Gasteiger partial charge in [-0.2, -0.15) is 0 Å². The SMILES string of the molecule is CC1CCN(CC[C@@H]2CC[C@H](O)[C@@H](C(=O)Nc3ccccc3)O2)CC1. The Morgan fingerprint density at radius 2 is 1.92 bits per heavy atom. The van der Waals surface area contributed by atoms with Crippen LogP contribution in [0.5, 0.6) is 0 Å². The summed E-state index contributed by atoms with van der Waals surface area (Å²) in [6, 6.07) is 9.31. The summed E-state index contributed by atoms with van der Waals surface area (Å²) in [7, 11) is 0. The molecule has 25 heavy (non-hydrogen) atoms. The lowest BCUT2D eigenvalue weighted by atomic mass is 9.97. The maximum Gasteiger partial charge on any atom is 0.256 e. The number of ether oxygens (including phenoxy) is 1. The van der Waals surface area contributed by atoms with Gasteiger partial charge in [0, 0.05) is 12.2 Å². The molecule has 0 aromatic heterocycles. The minimum Gasteiger partial charge on any atom is -0.390 e. The summed E-state index contributed by atoms with van der Waals surface area (Å²) < 4.78 is 5.96. The number of nitrogens with one attached hydrogen (secondary N) is 1. The first-order valence-corrected chi connectivity index (χ1v) is 9.53. The Labute approximate surface area is 150 Å². The van der Waals surface area contributed by atoms with Gasteiger partial charge in [-0.05, 0) is 63.2 Å². The topological polar surface area (TPSA) is 61.8 Å². The van der Waals surface area contributed by atoms with E-state index in [0.29, 0.717) is 6.42 Å². The smallest absolute Gasteiger partial charge is 0.256 e. The van der Waals surface area contributed by atoms with Gasteiger partial charge in [0.15, 0.2) is 6.10 Å². The largest absolute Gasteiger partial charge is 0.390 e. The molecule has 3 rings (SSSR count). The molecule has 138 valence electrons. The highest BCUT2D eigenvalue weighted by Crippen LogP contribution is 2.24. The first-order chi connectivity index (χ1) is 12.1. The normalized spacial score (nSPS) is 28.6. The van der Waals surface area contributed by atoms with E-state index < -0.39 is 12.2 Å². The van der Waals surface area contributed by atoms with Gasteiger partial charge in [0.2, 0.25) is 0 Å². The highest BCUT2D eigenvalue weighted by atomic mass is 16.5. The lowest BCUT2D eigenvalue weighted by Crippen LogP contribution is -2.47. The van der Waals surface area contributed by atoms with Crippen LogP contribution in [0.4, 0.5) is 5.69 Å². The predicted molar refractivity (Wildman–Crippen MR) is 98.4 cm³/mol. The number of para-hydroxylation sites is 1. The van der Waals surface area contributed by atoms with Crippen LogP contribution >= 0.6 is 0 Å². The molecule has 1 amide bonds. The number of hydrogen-bond donors (Lipinski definition) is 2. The van der Waals surface area contributed by atoms with E-state index in [-0.39, 0.29) is 12.0 Å². The summed E-state index contributed by atoms with van der Waals surface area (Å²) >= 11 is 0. The molecule has 2 N–H and O–H groups in total. The van der Waals surface area contributed by atoms with Crippen LogP contribution in [0.3, 0.4) is 0 Å². The summed E-state index contributed by atoms with van der Waals surface area (Å²) in [5, 5.41) is 13.0. The molecule has 2 heterocycles. The number of benzene rings is 1. The quantitative estimate of drug-likeness (QED) is 0.860. The second kappa shape index (κ2) is 8.79. The zero-order chi connectivity index (χ0) is 17.6. The molecule has 0 unspecified atom stereocenters. The van der Waals surface area contributed by atoms with Crippen molar-refractivity contribution in [3.05, 3.63) is 30.3 Å². The van der Waals surface area contributed by atoms with Crippen molar-refractivity contribution in [1.82, 2.24) is 4.90 Å². The van der Waals surface area contributed by atoms with Crippen LogP contribution < -0.4 is 5.32 Å². The molecule has 0 saturated carbocycles. The van der Waals surface area contributed by atoms with E-state index in [9.17, 15) is 9.90 Å². The van der Waals surface area contributed by atoms with Crippen molar-refractivity contribution in [1.29, 1.82) is 0 Å². The van der Waals surface area contributed by atoms with Gasteiger partial charge in [0.25, 0.3) is 5.91 Å². The highest BCUT2D eigenvalue weighted by Gasteiger charge is 2.35. The third kappa shape index (κ3) is 5.27. The molecule has 2 fully saturated rings. The molecule has 2 saturated heterocycles.